The van der Waals surface area contributed by atoms with Crippen LogP contribution in [0.4, 0.5) is 0 Å². The van der Waals surface area contributed by atoms with Crippen molar-refractivity contribution in [3.05, 3.63) is 24.3 Å². The predicted molar refractivity (Wildman–Crippen MR) is 83.0 cm³/mol. The number of carbonyl (C=O) groups is 1. The van der Waals surface area contributed by atoms with Gasteiger partial charge in [-0.2, -0.15) is 4.09 Å². The van der Waals surface area contributed by atoms with Crippen LogP contribution >= 0.6 is 21.8 Å². The summed E-state index contributed by atoms with van der Waals surface area (Å²) in [4.78, 5) is 11.6. The van der Waals surface area contributed by atoms with Crippen LogP contribution in [-0.2, 0) is 4.79 Å². The van der Waals surface area contributed by atoms with Gasteiger partial charge in [0.1, 0.15) is 11.0 Å². The van der Waals surface area contributed by atoms with Gasteiger partial charge in [-0.25, -0.2) is 0 Å². The molecule has 7 heteroatoms. The normalized spacial score (nSPS) is 23.4. The molecule has 1 aliphatic heterocycles. The van der Waals surface area contributed by atoms with Crippen molar-refractivity contribution in [2.75, 3.05) is 0 Å². The number of benzene rings is 1. The van der Waals surface area contributed by atoms with Crippen LogP contribution in [0.25, 0.3) is 11.0 Å². The lowest BCUT2D eigenvalue weighted by Crippen LogP contribution is -2.58. The van der Waals surface area contributed by atoms with E-state index in [0.717, 1.165) is 17.5 Å². The molecule has 0 aliphatic carbocycles. The molecule has 0 saturated carbocycles. The summed E-state index contributed by atoms with van der Waals surface area (Å²) in [5, 5.41) is 11.4. The van der Waals surface area contributed by atoms with E-state index in [2.05, 4.69) is 29.5 Å². The highest BCUT2D eigenvalue weighted by molar-refractivity contribution is 8.76. The van der Waals surface area contributed by atoms with E-state index in [1.54, 1.807) is 14.9 Å². The third-order valence-electron chi connectivity index (χ3n) is 3.71. The van der Waals surface area contributed by atoms with Crippen LogP contribution in [0.2, 0.25) is 0 Å². The number of β-lactam (4-membered cyclic amide) rings is 1. The van der Waals surface area contributed by atoms with Gasteiger partial charge in [0.15, 0.2) is 0 Å². The van der Waals surface area contributed by atoms with E-state index >= 15 is 0 Å². The topological polar surface area (TPSA) is 59.8 Å². The number of fused-ring (bicyclic) bond motifs is 1. The Balaban J connectivity index is 1.66. The average molecular weight is 308 g/mol. The first-order chi connectivity index (χ1) is 9.70. The zero-order valence-electron chi connectivity index (χ0n) is 11.3. The van der Waals surface area contributed by atoms with Crippen molar-refractivity contribution in [1.29, 1.82) is 0 Å². The molecule has 1 aromatic heterocycles. The molecule has 1 aliphatic rings. The van der Waals surface area contributed by atoms with E-state index in [0.29, 0.717) is 5.92 Å². The first kappa shape index (κ1) is 13.8. The molecule has 1 saturated heterocycles. The summed E-state index contributed by atoms with van der Waals surface area (Å²) in [7, 11) is 3.16. The van der Waals surface area contributed by atoms with Crippen LogP contribution in [-0.4, -0.2) is 25.7 Å². The molecule has 1 aromatic carbocycles. The van der Waals surface area contributed by atoms with Gasteiger partial charge in [-0.3, -0.25) is 4.79 Å². The number of nitrogens with zero attached hydrogens (tertiary/aromatic N) is 3. The number of carbonyl (C=O) groups excluding carboxylic acids is 1. The van der Waals surface area contributed by atoms with E-state index < -0.39 is 0 Å². The Hall–Kier alpha value is -1.21. The molecule has 1 amide bonds. The van der Waals surface area contributed by atoms with Gasteiger partial charge in [-0.05, 0) is 28.8 Å². The van der Waals surface area contributed by atoms with Gasteiger partial charge in [-0.1, -0.05) is 37.6 Å². The van der Waals surface area contributed by atoms with Crippen molar-refractivity contribution >= 4 is 38.7 Å². The number of aromatic nitrogens is 3. The number of amides is 1. The summed E-state index contributed by atoms with van der Waals surface area (Å²) < 4.78 is 1.80. The van der Waals surface area contributed by atoms with Crippen LogP contribution in [0, 0.1) is 11.8 Å². The maximum Gasteiger partial charge on any atom is 0.227 e. The molecule has 3 rings (SSSR count). The zero-order valence-corrected chi connectivity index (χ0v) is 12.9. The Bertz CT molecular complexity index is 630. The predicted octanol–water partition coefficient (Wildman–Crippen LogP) is 2.69. The summed E-state index contributed by atoms with van der Waals surface area (Å²) in [6.45, 7) is 4.25. The highest BCUT2D eigenvalue weighted by atomic mass is 33.1. The van der Waals surface area contributed by atoms with E-state index in [1.165, 1.54) is 11.0 Å². The number of rotatable bonds is 5. The summed E-state index contributed by atoms with van der Waals surface area (Å²) in [5.41, 5.74) is 1.88. The Morgan fingerprint density at radius 1 is 1.45 bits per heavy atom. The van der Waals surface area contributed by atoms with Crippen molar-refractivity contribution in [1.82, 2.24) is 19.7 Å². The third kappa shape index (κ3) is 2.40. The van der Waals surface area contributed by atoms with E-state index in [-0.39, 0.29) is 17.2 Å². The number of hydrogen-bond acceptors (Lipinski definition) is 5. The lowest BCUT2D eigenvalue weighted by Gasteiger charge is -2.38. The maximum atomic E-state index is 11.6. The number of hydrogen-bond donors (Lipinski definition) is 1. The lowest BCUT2D eigenvalue weighted by atomic mass is 9.86. The van der Waals surface area contributed by atoms with Gasteiger partial charge in [0.2, 0.25) is 5.91 Å². The molecule has 0 radical (unpaired) electrons. The molecular formula is C13H16N4OS2. The molecule has 1 N–H and O–H groups in total. The second-order valence-corrected chi connectivity index (χ2v) is 7.18. The fourth-order valence-electron chi connectivity index (χ4n) is 2.25. The van der Waals surface area contributed by atoms with Crippen LogP contribution in [0.15, 0.2) is 24.3 Å². The van der Waals surface area contributed by atoms with Crippen molar-refractivity contribution in [2.45, 2.75) is 25.6 Å². The fourth-order valence-corrected chi connectivity index (χ4v) is 4.76. The average Bonchev–Trinajstić information content (AvgIpc) is 2.86. The molecule has 3 atom stereocenters. The van der Waals surface area contributed by atoms with Gasteiger partial charge in [0, 0.05) is 11.0 Å². The SMILES string of the molecule is CCC(C)[C@@H]1C(=O)N[C@@H]1SSn1nnc2ccccc21. The maximum absolute atomic E-state index is 11.6. The van der Waals surface area contributed by atoms with Crippen LogP contribution in [0.1, 0.15) is 20.3 Å². The molecule has 1 unspecified atom stereocenters. The number of nitrogens with one attached hydrogen (secondary N) is 1. The molecular weight excluding hydrogens is 292 g/mol. The minimum Gasteiger partial charge on any atom is -0.342 e. The summed E-state index contributed by atoms with van der Waals surface area (Å²) in [5.74, 6) is 0.683. The Labute approximate surface area is 125 Å². The summed E-state index contributed by atoms with van der Waals surface area (Å²) in [6.07, 6.45) is 1.02. The van der Waals surface area contributed by atoms with Crippen LogP contribution in [0.3, 0.4) is 0 Å². The van der Waals surface area contributed by atoms with E-state index in [4.69, 9.17) is 0 Å². The molecule has 20 heavy (non-hydrogen) atoms. The first-order valence-electron chi connectivity index (χ1n) is 6.65. The molecule has 2 heterocycles. The van der Waals surface area contributed by atoms with Gasteiger partial charge in [0.25, 0.3) is 0 Å². The third-order valence-corrected chi connectivity index (χ3v) is 6.13. The van der Waals surface area contributed by atoms with Crippen molar-refractivity contribution in [3.8, 4) is 0 Å². The van der Waals surface area contributed by atoms with Crippen LogP contribution < -0.4 is 5.32 Å². The van der Waals surface area contributed by atoms with Gasteiger partial charge in [-0.15, -0.1) is 5.10 Å². The largest absolute Gasteiger partial charge is 0.342 e. The summed E-state index contributed by atoms with van der Waals surface area (Å²) >= 11 is 0. The zero-order chi connectivity index (χ0) is 14.1. The molecule has 106 valence electrons. The Morgan fingerprint density at radius 3 is 3.00 bits per heavy atom. The van der Waals surface area contributed by atoms with Gasteiger partial charge in [0.05, 0.1) is 11.3 Å². The minimum atomic E-state index is 0.104. The smallest absolute Gasteiger partial charge is 0.227 e. The van der Waals surface area contributed by atoms with Crippen LogP contribution in [0.5, 0.6) is 0 Å². The molecule has 0 spiro atoms. The van der Waals surface area contributed by atoms with E-state index in [9.17, 15) is 4.79 Å². The standard InChI is InChI=1S/C13H16N4OS2/c1-3-8(2)11-12(18)14-13(11)19-20-17-10-7-5-4-6-9(10)15-16-17/h4-8,11,13H,3H2,1-2H3,(H,14,18)/t8?,11-,13-/m1/s1. The van der Waals surface area contributed by atoms with Crippen molar-refractivity contribution < 1.29 is 4.79 Å². The molecule has 0 bridgehead atoms. The van der Waals surface area contributed by atoms with Gasteiger partial charge >= 0.3 is 0 Å². The van der Waals surface area contributed by atoms with E-state index in [1.807, 2.05) is 24.3 Å². The monoisotopic (exact) mass is 308 g/mol. The van der Waals surface area contributed by atoms with Gasteiger partial charge < -0.3 is 5.32 Å². The summed E-state index contributed by atoms with van der Waals surface area (Å²) in [6, 6.07) is 7.86. The highest BCUT2D eigenvalue weighted by Crippen LogP contribution is 2.40. The Kier molecular flexibility index (Phi) is 3.89. The second-order valence-electron chi connectivity index (χ2n) is 4.96. The molecule has 1 fully saturated rings. The second kappa shape index (κ2) is 5.65. The van der Waals surface area contributed by atoms with Crippen molar-refractivity contribution in [2.24, 2.45) is 11.8 Å². The number of para-hydroxylation sites is 1. The lowest BCUT2D eigenvalue weighted by molar-refractivity contribution is -0.134. The highest BCUT2D eigenvalue weighted by Gasteiger charge is 2.42. The minimum absolute atomic E-state index is 0.104. The molecule has 2 aromatic rings. The molecule has 5 nitrogen and oxygen atoms in total. The quantitative estimate of drug-likeness (QED) is 0.680. The Morgan fingerprint density at radius 2 is 2.25 bits per heavy atom. The van der Waals surface area contributed by atoms with Crippen molar-refractivity contribution in [3.63, 3.8) is 0 Å². The fraction of sp³-hybridized carbons (Fsp3) is 0.462. The first-order valence-corrected chi connectivity index (χ1v) is 8.82.